The predicted molar refractivity (Wildman–Crippen MR) is 99.4 cm³/mol. The van der Waals surface area contributed by atoms with E-state index in [1.54, 1.807) is 0 Å². The SMILES string of the molecule is C[C@H]1CCCC[C@@]12NC(=O)N(CC(=O)NCCC1=CCCCCC1)C2=O. The average molecular weight is 361 g/mol. The number of nitrogens with zero attached hydrogens (tertiary/aromatic N) is 1. The zero-order chi connectivity index (χ0) is 18.6. The van der Waals surface area contributed by atoms with Gasteiger partial charge in [0.15, 0.2) is 0 Å². The molecule has 1 saturated carbocycles. The van der Waals surface area contributed by atoms with Gasteiger partial charge in [0.2, 0.25) is 5.91 Å². The van der Waals surface area contributed by atoms with E-state index < -0.39 is 11.6 Å². The number of amides is 4. The fourth-order valence-electron chi connectivity index (χ4n) is 4.51. The summed E-state index contributed by atoms with van der Waals surface area (Å²) in [6, 6.07) is -0.426. The molecule has 2 N–H and O–H groups in total. The summed E-state index contributed by atoms with van der Waals surface area (Å²) in [4.78, 5) is 38.5. The Bertz CT molecular complexity index is 601. The van der Waals surface area contributed by atoms with Crippen molar-refractivity contribution < 1.29 is 14.4 Å². The smallest absolute Gasteiger partial charge is 0.325 e. The molecule has 1 heterocycles. The second-order valence-electron chi connectivity index (χ2n) is 8.00. The summed E-state index contributed by atoms with van der Waals surface area (Å²) in [6.45, 7) is 2.40. The summed E-state index contributed by atoms with van der Waals surface area (Å²) in [6.07, 6.45) is 12.8. The van der Waals surface area contributed by atoms with E-state index in [2.05, 4.69) is 16.7 Å². The third-order valence-corrected chi connectivity index (χ3v) is 6.21. The molecule has 0 aromatic carbocycles. The van der Waals surface area contributed by atoms with Crippen LogP contribution in [0.5, 0.6) is 0 Å². The standard InChI is InChI=1S/C20H31N3O3/c1-15-8-6-7-12-20(15)18(25)23(19(26)22-20)14-17(24)21-13-11-16-9-4-2-3-5-10-16/h9,15H,2-8,10-14H2,1H3,(H,21,24)(H,22,26)/t15-,20+/m0/s1. The highest BCUT2D eigenvalue weighted by Crippen LogP contribution is 2.38. The molecule has 4 amide bonds. The lowest BCUT2D eigenvalue weighted by atomic mass is 9.73. The van der Waals surface area contributed by atoms with Gasteiger partial charge >= 0.3 is 6.03 Å². The van der Waals surface area contributed by atoms with Crippen molar-refractivity contribution in [1.29, 1.82) is 0 Å². The van der Waals surface area contributed by atoms with Crippen molar-refractivity contribution in [2.75, 3.05) is 13.1 Å². The summed E-state index contributed by atoms with van der Waals surface area (Å²) in [7, 11) is 0. The zero-order valence-corrected chi connectivity index (χ0v) is 15.8. The minimum Gasteiger partial charge on any atom is -0.354 e. The number of nitrogens with one attached hydrogen (secondary N) is 2. The zero-order valence-electron chi connectivity index (χ0n) is 15.8. The first kappa shape index (κ1) is 18.9. The molecule has 1 aliphatic heterocycles. The van der Waals surface area contributed by atoms with Crippen LogP contribution in [0.3, 0.4) is 0 Å². The minimum absolute atomic E-state index is 0.114. The molecule has 26 heavy (non-hydrogen) atoms. The first-order chi connectivity index (χ1) is 12.5. The second kappa shape index (κ2) is 8.23. The Hall–Kier alpha value is -1.85. The lowest BCUT2D eigenvalue weighted by Gasteiger charge is -2.36. The average Bonchev–Trinajstić information content (AvgIpc) is 2.80. The summed E-state index contributed by atoms with van der Waals surface area (Å²) >= 11 is 0. The Balaban J connectivity index is 1.50. The number of carbonyl (C=O) groups is 3. The van der Waals surface area contributed by atoms with Gasteiger partial charge in [-0.15, -0.1) is 0 Å². The molecule has 3 rings (SSSR count). The van der Waals surface area contributed by atoms with Crippen LogP contribution in [0.2, 0.25) is 0 Å². The molecule has 2 atom stereocenters. The van der Waals surface area contributed by atoms with Gasteiger partial charge in [0, 0.05) is 6.54 Å². The number of hydrogen-bond donors (Lipinski definition) is 2. The van der Waals surface area contributed by atoms with Crippen LogP contribution in [-0.4, -0.2) is 41.4 Å². The molecule has 144 valence electrons. The number of imide groups is 1. The highest BCUT2D eigenvalue weighted by atomic mass is 16.2. The maximum atomic E-state index is 12.9. The van der Waals surface area contributed by atoms with Gasteiger partial charge in [-0.2, -0.15) is 0 Å². The second-order valence-corrected chi connectivity index (χ2v) is 8.00. The van der Waals surface area contributed by atoms with E-state index in [4.69, 9.17) is 0 Å². The van der Waals surface area contributed by atoms with Crippen LogP contribution >= 0.6 is 0 Å². The lowest BCUT2D eigenvalue weighted by molar-refractivity contribution is -0.137. The van der Waals surface area contributed by atoms with Crippen molar-refractivity contribution in [3.63, 3.8) is 0 Å². The summed E-state index contributed by atoms with van der Waals surface area (Å²) in [5.74, 6) is -0.373. The fourth-order valence-corrected chi connectivity index (χ4v) is 4.51. The third kappa shape index (κ3) is 3.94. The molecule has 1 saturated heterocycles. The molecular formula is C20H31N3O3. The van der Waals surface area contributed by atoms with E-state index in [0.717, 1.165) is 43.4 Å². The van der Waals surface area contributed by atoms with Crippen LogP contribution < -0.4 is 10.6 Å². The van der Waals surface area contributed by atoms with Gasteiger partial charge in [-0.05, 0) is 50.9 Å². The number of hydrogen-bond acceptors (Lipinski definition) is 3. The molecule has 2 aliphatic carbocycles. The van der Waals surface area contributed by atoms with Crippen molar-refractivity contribution in [3.05, 3.63) is 11.6 Å². The van der Waals surface area contributed by atoms with Crippen LogP contribution in [0.1, 0.15) is 71.1 Å². The van der Waals surface area contributed by atoms with Gasteiger partial charge in [0.25, 0.3) is 5.91 Å². The summed E-state index contributed by atoms with van der Waals surface area (Å²) < 4.78 is 0. The first-order valence-corrected chi connectivity index (χ1v) is 10.1. The van der Waals surface area contributed by atoms with E-state index in [1.807, 2.05) is 6.92 Å². The Morgan fingerprint density at radius 2 is 2.12 bits per heavy atom. The predicted octanol–water partition coefficient (Wildman–Crippen LogP) is 2.88. The van der Waals surface area contributed by atoms with E-state index in [9.17, 15) is 14.4 Å². The van der Waals surface area contributed by atoms with Gasteiger partial charge in [0.05, 0.1) is 0 Å². The van der Waals surface area contributed by atoms with Crippen molar-refractivity contribution in [2.24, 2.45) is 5.92 Å². The molecule has 6 nitrogen and oxygen atoms in total. The largest absolute Gasteiger partial charge is 0.354 e. The highest BCUT2D eigenvalue weighted by molar-refractivity contribution is 6.09. The van der Waals surface area contributed by atoms with Crippen LogP contribution in [0.4, 0.5) is 4.79 Å². The topological polar surface area (TPSA) is 78.5 Å². The van der Waals surface area contributed by atoms with Gasteiger partial charge in [-0.25, -0.2) is 4.79 Å². The molecular weight excluding hydrogens is 330 g/mol. The molecule has 0 radical (unpaired) electrons. The third-order valence-electron chi connectivity index (χ3n) is 6.21. The van der Waals surface area contributed by atoms with Crippen molar-refractivity contribution in [3.8, 4) is 0 Å². The summed E-state index contributed by atoms with van der Waals surface area (Å²) in [5.41, 5.74) is 0.619. The molecule has 6 heteroatoms. The Labute approximate surface area is 155 Å². The van der Waals surface area contributed by atoms with Gasteiger partial charge in [-0.3, -0.25) is 14.5 Å². The monoisotopic (exact) mass is 361 g/mol. The molecule has 0 bridgehead atoms. The number of allylic oxidation sites excluding steroid dienone is 1. The molecule has 0 unspecified atom stereocenters. The molecule has 1 spiro atoms. The summed E-state index contributed by atoms with van der Waals surface area (Å²) in [5, 5.41) is 5.75. The van der Waals surface area contributed by atoms with Crippen LogP contribution in [0.25, 0.3) is 0 Å². The Morgan fingerprint density at radius 1 is 1.27 bits per heavy atom. The van der Waals surface area contributed by atoms with E-state index >= 15 is 0 Å². The molecule has 3 aliphatic rings. The van der Waals surface area contributed by atoms with Gasteiger partial charge in [0.1, 0.15) is 12.1 Å². The first-order valence-electron chi connectivity index (χ1n) is 10.1. The van der Waals surface area contributed by atoms with E-state index in [0.29, 0.717) is 13.0 Å². The fraction of sp³-hybridized carbons (Fsp3) is 0.750. The molecule has 0 aromatic rings. The van der Waals surface area contributed by atoms with E-state index in [1.165, 1.54) is 24.8 Å². The molecule has 2 fully saturated rings. The van der Waals surface area contributed by atoms with Crippen molar-refractivity contribution in [2.45, 2.75) is 76.7 Å². The highest BCUT2D eigenvalue weighted by Gasteiger charge is 2.55. The van der Waals surface area contributed by atoms with Crippen molar-refractivity contribution >= 4 is 17.8 Å². The van der Waals surface area contributed by atoms with Gasteiger partial charge < -0.3 is 10.6 Å². The number of rotatable bonds is 5. The Kier molecular flexibility index (Phi) is 5.99. The maximum Gasteiger partial charge on any atom is 0.325 e. The van der Waals surface area contributed by atoms with Gasteiger partial charge in [-0.1, -0.05) is 37.8 Å². The van der Waals surface area contributed by atoms with Crippen molar-refractivity contribution in [1.82, 2.24) is 15.5 Å². The normalized spacial score (nSPS) is 29.3. The Morgan fingerprint density at radius 3 is 2.92 bits per heavy atom. The van der Waals surface area contributed by atoms with E-state index in [-0.39, 0.29) is 24.3 Å². The lowest BCUT2D eigenvalue weighted by Crippen LogP contribution is -2.54. The minimum atomic E-state index is -0.791. The number of urea groups is 1. The van der Waals surface area contributed by atoms with Crippen LogP contribution in [-0.2, 0) is 9.59 Å². The number of carbonyl (C=O) groups excluding carboxylic acids is 3. The van der Waals surface area contributed by atoms with Crippen LogP contribution in [0, 0.1) is 5.92 Å². The van der Waals surface area contributed by atoms with Crippen LogP contribution in [0.15, 0.2) is 11.6 Å². The quantitative estimate of drug-likeness (QED) is 0.584. The molecule has 0 aromatic heterocycles. The maximum absolute atomic E-state index is 12.9.